The van der Waals surface area contributed by atoms with E-state index in [9.17, 15) is 4.39 Å². The third-order valence-corrected chi connectivity index (χ3v) is 4.41. The van der Waals surface area contributed by atoms with Gasteiger partial charge in [-0.15, -0.1) is 11.3 Å². The molecular weight excluding hydrogens is 301 g/mol. The zero-order chi connectivity index (χ0) is 12.3. The van der Waals surface area contributed by atoms with Crippen LogP contribution in [0.2, 0.25) is 0 Å². The van der Waals surface area contributed by atoms with Crippen LogP contribution in [0.4, 0.5) is 4.39 Å². The fraction of sp³-hybridized carbons (Fsp3) is 0.231. The molecule has 0 unspecified atom stereocenters. The van der Waals surface area contributed by atoms with Crippen molar-refractivity contribution < 1.29 is 4.39 Å². The Morgan fingerprint density at radius 2 is 2.00 bits per heavy atom. The molecule has 0 aliphatic rings. The fourth-order valence-electron chi connectivity index (χ4n) is 1.66. The minimum Gasteiger partial charge on any atom is -0.297 e. The van der Waals surface area contributed by atoms with E-state index in [0.717, 1.165) is 16.6 Å². The van der Waals surface area contributed by atoms with Gasteiger partial charge >= 0.3 is 0 Å². The maximum Gasteiger partial charge on any atom is 0.127 e. The molecule has 0 aliphatic heterocycles. The van der Waals surface area contributed by atoms with Crippen molar-refractivity contribution in [1.29, 1.82) is 0 Å². The van der Waals surface area contributed by atoms with Gasteiger partial charge in [-0.2, -0.15) is 0 Å². The summed E-state index contributed by atoms with van der Waals surface area (Å²) in [4.78, 5) is 3.37. The highest BCUT2D eigenvalue weighted by atomic mass is 79.9. The van der Waals surface area contributed by atoms with E-state index in [4.69, 9.17) is 0 Å². The van der Waals surface area contributed by atoms with Crippen LogP contribution in [0.15, 0.2) is 40.2 Å². The summed E-state index contributed by atoms with van der Waals surface area (Å²) in [7, 11) is 2.00. The summed E-state index contributed by atoms with van der Waals surface area (Å²) < 4.78 is 14.6. The first-order valence-corrected chi connectivity index (χ1v) is 6.98. The Balaban J connectivity index is 2.01. The number of halogens is 2. The molecule has 0 spiro atoms. The predicted molar refractivity (Wildman–Crippen MR) is 73.6 cm³/mol. The van der Waals surface area contributed by atoms with Crippen molar-refractivity contribution in [3.8, 4) is 0 Å². The van der Waals surface area contributed by atoms with Gasteiger partial charge in [0.15, 0.2) is 0 Å². The number of hydrogen-bond acceptors (Lipinski definition) is 2. The number of hydrogen-bond donors (Lipinski definition) is 0. The zero-order valence-corrected chi connectivity index (χ0v) is 11.9. The van der Waals surface area contributed by atoms with Gasteiger partial charge in [0.25, 0.3) is 0 Å². The largest absolute Gasteiger partial charge is 0.297 e. The SMILES string of the molecule is CN(Cc1ccccc1F)Cc1sccc1Br. The van der Waals surface area contributed by atoms with E-state index >= 15 is 0 Å². The number of rotatable bonds is 4. The van der Waals surface area contributed by atoms with Crippen LogP contribution in [0, 0.1) is 5.82 Å². The van der Waals surface area contributed by atoms with Gasteiger partial charge in [-0.05, 0) is 40.5 Å². The first kappa shape index (κ1) is 12.7. The molecule has 1 aromatic heterocycles. The summed E-state index contributed by atoms with van der Waals surface area (Å²) in [6.45, 7) is 1.45. The lowest BCUT2D eigenvalue weighted by Crippen LogP contribution is -2.17. The minimum absolute atomic E-state index is 0.135. The van der Waals surface area contributed by atoms with E-state index in [-0.39, 0.29) is 5.82 Å². The smallest absolute Gasteiger partial charge is 0.127 e. The van der Waals surface area contributed by atoms with E-state index in [1.807, 2.05) is 25.2 Å². The van der Waals surface area contributed by atoms with Crippen LogP contribution in [-0.4, -0.2) is 11.9 Å². The highest BCUT2D eigenvalue weighted by Gasteiger charge is 2.08. The molecule has 0 bridgehead atoms. The number of nitrogens with zero attached hydrogens (tertiary/aromatic N) is 1. The maximum absolute atomic E-state index is 13.5. The van der Waals surface area contributed by atoms with Crippen molar-refractivity contribution in [3.05, 3.63) is 56.4 Å². The molecule has 1 aromatic carbocycles. The lowest BCUT2D eigenvalue weighted by atomic mass is 10.2. The van der Waals surface area contributed by atoms with Crippen LogP contribution in [-0.2, 0) is 13.1 Å². The summed E-state index contributed by atoms with van der Waals surface area (Å²) in [5.41, 5.74) is 0.739. The van der Waals surface area contributed by atoms with Gasteiger partial charge in [0.1, 0.15) is 5.82 Å². The molecule has 17 heavy (non-hydrogen) atoms. The second-order valence-electron chi connectivity index (χ2n) is 3.96. The molecule has 90 valence electrons. The Bertz CT molecular complexity index is 498. The molecule has 0 saturated carbocycles. The topological polar surface area (TPSA) is 3.24 Å². The van der Waals surface area contributed by atoms with Gasteiger partial charge < -0.3 is 0 Å². The average molecular weight is 314 g/mol. The second kappa shape index (κ2) is 5.76. The van der Waals surface area contributed by atoms with Crippen molar-refractivity contribution in [2.75, 3.05) is 7.05 Å². The maximum atomic E-state index is 13.5. The molecule has 1 nitrogen and oxygen atoms in total. The number of benzene rings is 1. The molecule has 0 radical (unpaired) electrons. The van der Waals surface area contributed by atoms with E-state index in [0.29, 0.717) is 6.54 Å². The second-order valence-corrected chi connectivity index (χ2v) is 5.81. The lowest BCUT2D eigenvalue weighted by Gasteiger charge is -2.16. The fourth-order valence-corrected chi connectivity index (χ4v) is 3.21. The predicted octanol–water partition coefficient (Wildman–Crippen LogP) is 4.28. The molecule has 2 rings (SSSR count). The van der Waals surface area contributed by atoms with Gasteiger partial charge in [0, 0.05) is 28.0 Å². The third kappa shape index (κ3) is 3.37. The van der Waals surface area contributed by atoms with Crippen molar-refractivity contribution in [1.82, 2.24) is 4.90 Å². The molecule has 0 fully saturated rings. The Morgan fingerprint density at radius 3 is 2.65 bits per heavy atom. The molecule has 0 N–H and O–H groups in total. The molecule has 0 aliphatic carbocycles. The first-order chi connectivity index (χ1) is 8.16. The quantitative estimate of drug-likeness (QED) is 0.814. The van der Waals surface area contributed by atoms with Crippen LogP contribution in [0.3, 0.4) is 0 Å². The van der Waals surface area contributed by atoms with Crippen LogP contribution in [0.5, 0.6) is 0 Å². The van der Waals surface area contributed by atoms with Crippen molar-refractivity contribution >= 4 is 27.3 Å². The van der Waals surface area contributed by atoms with Crippen LogP contribution in [0.25, 0.3) is 0 Å². The van der Waals surface area contributed by atoms with E-state index in [2.05, 4.69) is 26.2 Å². The molecule has 0 saturated heterocycles. The highest BCUT2D eigenvalue weighted by Crippen LogP contribution is 2.24. The summed E-state index contributed by atoms with van der Waals surface area (Å²) in [6.07, 6.45) is 0. The summed E-state index contributed by atoms with van der Waals surface area (Å²) in [6, 6.07) is 8.96. The minimum atomic E-state index is -0.135. The van der Waals surface area contributed by atoms with Gasteiger partial charge in [0.2, 0.25) is 0 Å². The molecule has 1 heterocycles. The monoisotopic (exact) mass is 313 g/mol. The third-order valence-electron chi connectivity index (χ3n) is 2.50. The van der Waals surface area contributed by atoms with Crippen LogP contribution in [0.1, 0.15) is 10.4 Å². The molecule has 2 aromatic rings. The summed E-state index contributed by atoms with van der Waals surface area (Å²) in [5.74, 6) is -0.135. The molecule has 0 atom stereocenters. The Labute approximate surface area is 113 Å². The van der Waals surface area contributed by atoms with Gasteiger partial charge in [0.05, 0.1) is 0 Å². The Hall–Kier alpha value is -0.710. The summed E-state index contributed by atoms with van der Waals surface area (Å²) in [5, 5.41) is 2.05. The molecular formula is C13H13BrFNS. The molecule has 0 amide bonds. The van der Waals surface area contributed by atoms with Crippen molar-refractivity contribution in [2.45, 2.75) is 13.1 Å². The van der Waals surface area contributed by atoms with E-state index < -0.39 is 0 Å². The van der Waals surface area contributed by atoms with Crippen molar-refractivity contribution in [2.24, 2.45) is 0 Å². The van der Waals surface area contributed by atoms with Gasteiger partial charge in [-0.1, -0.05) is 18.2 Å². The highest BCUT2D eigenvalue weighted by molar-refractivity contribution is 9.10. The van der Waals surface area contributed by atoms with E-state index in [1.54, 1.807) is 17.4 Å². The first-order valence-electron chi connectivity index (χ1n) is 5.30. The Morgan fingerprint density at radius 1 is 1.24 bits per heavy atom. The van der Waals surface area contributed by atoms with Gasteiger partial charge in [-0.3, -0.25) is 4.90 Å². The van der Waals surface area contributed by atoms with Crippen LogP contribution < -0.4 is 0 Å². The summed E-state index contributed by atoms with van der Waals surface area (Å²) >= 11 is 5.21. The van der Waals surface area contributed by atoms with E-state index in [1.165, 1.54) is 10.9 Å². The normalized spacial score (nSPS) is 11.1. The Kier molecular flexibility index (Phi) is 4.31. The van der Waals surface area contributed by atoms with Gasteiger partial charge in [-0.25, -0.2) is 4.39 Å². The van der Waals surface area contributed by atoms with Crippen LogP contribution >= 0.6 is 27.3 Å². The average Bonchev–Trinajstić information content (AvgIpc) is 2.68. The number of thiophene rings is 1. The standard InChI is InChI=1S/C13H13BrFNS/c1-16(9-13-11(14)6-7-17-13)8-10-4-2-3-5-12(10)15/h2-7H,8-9H2,1H3. The zero-order valence-electron chi connectivity index (χ0n) is 9.49. The lowest BCUT2D eigenvalue weighted by molar-refractivity contribution is 0.316. The molecule has 4 heteroatoms. The van der Waals surface area contributed by atoms with Crippen molar-refractivity contribution in [3.63, 3.8) is 0 Å².